The van der Waals surface area contributed by atoms with Crippen LogP contribution < -0.4 is 10.5 Å². The van der Waals surface area contributed by atoms with Crippen molar-refractivity contribution >= 4 is 32.9 Å². The topological polar surface area (TPSA) is 72.2 Å². The molecule has 0 atom stereocenters. The molecule has 0 aliphatic carbocycles. The normalized spacial score (nSPS) is 11.1. The third-order valence-electron chi connectivity index (χ3n) is 3.06. The standard InChI is InChI=1S/C15H16N2O2S2/c1-10-6-7-14(11(2)8-10)17-21(18,19)13-5-3-4-12(9-13)15(16)20/h3-9,17H,1-2H3,(H2,16,20). The minimum Gasteiger partial charge on any atom is -0.389 e. The molecule has 0 unspecified atom stereocenters. The van der Waals surface area contributed by atoms with Crippen molar-refractivity contribution in [1.82, 2.24) is 0 Å². The molecule has 0 spiro atoms. The van der Waals surface area contributed by atoms with Gasteiger partial charge >= 0.3 is 0 Å². The molecule has 2 rings (SSSR count). The fraction of sp³-hybridized carbons (Fsp3) is 0.133. The number of aryl methyl sites for hydroxylation is 2. The minimum atomic E-state index is -3.67. The molecule has 0 fully saturated rings. The summed E-state index contributed by atoms with van der Waals surface area (Å²) in [6, 6.07) is 11.8. The Labute approximate surface area is 130 Å². The van der Waals surface area contributed by atoms with Crippen LogP contribution in [-0.4, -0.2) is 13.4 Å². The van der Waals surface area contributed by atoms with Crippen molar-refractivity contribution < 1.29 is 8.42 Å². The number of hydrogen-bond donors (Lipinski definition) is 2. The van der Waals surface area contributed by atoms with E-state index >= 15 is 0 Å². The summed E-state index contributed by atoms with van der Waals surface area (Å²) < 4.78 is 27.4. The summed E-state index contributed by atoms with van der Waals surface area (Å²) in [4.78, 5) is 0.298. The van der Waals surface area contributed by atoms with Crippen LogP contribution in [0.3, 0.4) is 0 Å². The number of hydrogen-bond acceptors (Lipinski definition) is 3. The van der Waals surface area contributed by atoms with Crippen molar-refractivity contribution in [1.29, 1.82) is 0 Å². The molecule has 4 nitrogen and oxygen atoms in total. The quantitative estimate of drug-likeness (QED) is 0.850. The zero-order valence-electron chi connectivity index (χ0n) is 11.8. The molecule has 6 heteroatoms. The van der Waals surface area contributed by atoms with Gasteiger partial charge in [0, 0.05) is 5.56 Å². The first kappa shape index (κ1) is 15.5. The number of nitrogens with one attached hydrogen (secondary N) is 1. The van der Waals surface area contributed by atoms with E-state index in [1.165, 1.54) is 12.1 Å². The number of rotatable bonds is 4. The highest BCUT2D eigenvalue weighted by Gasteiger charge is 2.16. The van der Waals surface area contributed by atoms with Crippen LogP contribution in [0.5, 0.6) is 0 Å². The van der Waals surface area contributed by atoms with Crippen molar-refractivity contribution in [2.45, 2.75) is 18.7 Å². The summed E-state index contributed by atoms with van der Waals surface area (Å²) in [5.74, 6) is 0. The fourth-order valence-corrected chi connectivity index (χ4v) is 3.25. The molecule has 110 valence electrons. The number of anilines is 1. The second-order valence-electron chi connectivity index (χ2n) is 4.82. The molecular formula is C15H16N2O2S2. The van der Waals surface area contributed by atoms with Gasteiger partial charge in [-0.3, -0.25) is 4.72 Å². The lowest BCUT2D eigenvalue weighted by Crippen LogP contribution is -2.15. The Morgan fingerprint density at radius 1 is 1.14 bits per heavy atom. The van der Waals surface area contributed by atoms with Crippen LogP contribution in [0.15, 0.2) is 47.4 Å². The van der Waals surface area contributed by atoms with Gasteiger partial charge in [0.15, 0.2) is 0 Å². The van der Waals surface area contributed by atoms with Crippen LogP contribution in [0.25, 0.3) is 0 Å². The third kappa shape index (κ3) is 3.59. The van der Waals surface area contributed by atoms with Gasteiger partial charge in [-0.25, -0.2) is 8.42 Å². The summed E-state index contributed by atoms with van der Waals surface area (Å²) in [6.45, 7) is 3.81. The maximum Gasteiger partial charge on any atom is 0.261 e. The third-order valence-corrected chi connectivity index (χ3v) is 4.65. The first-order valence-corrected chi connectivity index (χ1v) is 8.19. The van der Waals surface area contributed by atoms with Gasteiger partial charge in [0.2, 0.25) is 0 Å². The molecule has 0 aliphatic heterocycles. The highest BCUT2D eigenvalue weighted by atomic mass is 32.2. The van der Waals surface area contributed by atoms with Crippen LogP contribution in [-0.2, 0) is 10.0 Å². The smallest absolute Gasteiger partial charge is 0.261 e. The molecule has 0 saturated heterocycles. The van der Waals surface area contributed by atoms with Crippen LogP contribution >= 0.6 is 12.2 Å². The summed E-state index contributed by atoms with van der Waals surface area (Å²) in [7, 11) is -3.67. The van der Waals surface area contributed by atoms with Crippen LogP contribution in [0.4, 0.5) is 5.69 Å². The molecule has 2 aromatic rings. The predicted octanol–water partition coefficient (Wildman–Crippen LogP) is 2.74. The van der Waals surface area contributed by atoms with Crippen LogP contribution in [0, 0.1) is 13.8 Å². The van der Waals surface area contributed by atoms with Crippen molar-refractivity contribution in [3.63, 3.8) is 0 Å². The van der Waals surface area contributed by atoms with Crippen molar-refractivity contribution in [2.24, 2.45) is 5.73 Å². The monoisotopic (exact) mass is 320 g/mol. The maximum atomic E-state index is 12.4. The molecule has 21 heavy (non-hydrogen) atoms. The van der Waals surface area contributed by atoms with Gasteiger partial charge in [-0.15, -0.1) is 0 Å². The molecule has 0 amide bonds. The maximum absolute atomic E-state index is 12.4. The van der Waals surface area contributed by atoms with E-state index in [0.29, 0.717) is 11.3 Å². The van der Waals surface area contributed by atoms with Crippen molar-refractivity contribution in [3.05, 3.63) is 59.2 Å². The Balaban J connectivity index is 2.38. The Morgan fingerprint density at radius 2 is 1.86 bits per heavy atom. The summed E-state index contributed by atoms with van der Waals surface area (Å²) in [5.41, 5.74) is 8.55. The van der Waals surface area contributed by atoms with Crippen molar-refractivity contribution in [2.75, 3.05) is 4.72 Å². The SMILES string of the molecule is Cc1ccc(NS(=O)(=O)c2cccc(C(N)=S)c2)c(C)c1. The van der Waals surface area contributed by atoms with Gasteiger partial charge in [-0.1, -0.05) is 42.0 Å². The molecule has 0 bridgehead atoms. The molecule has 3 N–H and O–H groups in total. The lowest BCUT2D eigenvalue weighted by atomic mass is 10.1. The first-order valence-electron chi connectivity index (χ1n) is 6.29. The Morgan fingerprint density at radius 3 is 2.48 bits per heavy atom. The molecule has 0 heterocycles. The lowest BCUT2D eigenvalue weighted by molar-refractivity contribution is 0.601. The summed E-state index contributed by atoms with van der Waals surface area (Å²) >= 11 is 4.87. The van der Waals surface area contributed by atoms with E-state index in [0.717, 1.165) is 11.1 Å². The number of sulfonamides is 1. The molecule has 0 aromatic heterocycles. The van der Waals surface area contributed by atoms with E-state index < -0.39 is 10.0 Å². The lowest BCUT2D eigenvalue weighted by Gasteiger charge is -2.12. The number of nitrogens with two attached hydrogens (primary N) is 1. The van der Waals surface area contributed by atoms with Gasteiger partial charge in [-0.05, 0) is 37.6 Å². The van der Waals surface area contributed by atoms with Gasteiger partial charge in [0.25, 0.3) is 10.0 Å². The highest BCUT2D eigenvalue weighted by Crippen LogP contribution is 2.21. The Bertz CT molecular complexity index is 799. The first-order chi connectivity index (χ1) is 9.79. The Hall–Kier alpha value is -1.92. The van der Waals surface area contributed by atoms with Gasteiger partial charge < -0.3 is 5.73 Å². The average Bonchev–Trinajstić information content (AvgIpc) is 2.42. The molecule has 2 aromatic carbocycles. The summed E-state index contributed by atoms with van der Waals surface area (Å²) in [6.07, 6.45) is 0. The van der Waals surface area contributed by atoms with Crippen LogP contribution in [0.2, 0.25) is 0 Å². The van der Waals surface area contributed by atoms with E-state index in [1.807, 2.05) is 26.0 Å². The largest absolute Gasteiger partial charge is 0.389 e. The van der Waals surface area contributed by atoms with E-state index in [2.05, 4.69) is 4.72 Å². The zero-order chi connectivity index (χ0) is 15.6. The number of benzene rings is 2. The van der Waals surface area contributed by atoms with E-state index in [1.54, 1.807) is 18.2 Å². The Kier molecular flexibility index (Phi) is 4.29. The molecule has 0 saturated carbocycles. The molecule has 0 aliphatic rings. The van der Waals surface area contributed by atoms with E-state index in [4.69, 9.17) is 18.0 Å². The predicted molar refractivity (Wildman–Crippen MR) is 89.1 cm³/mol. The fourth-order valence-electron chi connectivity index (χ4n) is 1.95. The molecule has 0 radical (unpaired) electrons. The number of thiocarbonyl (C=S) groups is 1. The van der Waals surface area contributed by atoms with Gasteiger partial charge in [0.05, 0.1) is 10.6 Å². The zero-order valence-corrected chi connectivity index (χ0v) is 13.4. The van der Waals surface area contributed by atoms with Gasteiger partial charge in [0.1, 0.15) is 4.99 Å². The van der Waals surface area contributed by atoms with Gasteiger partial charge in [-0.2, -0.15) is 0 Å². The highest BCUT2D eigenvalue weighted by molar-refractivity contribution is 7.92. The van der Waals surface area contributed by atoms with E-state index in [-0.39, 0.29) is 9.88 Å². The second kappa shape index (κ2) is 5.83. The minimum absolute atomic E-state index is 0.132. The average molecular weight is 320 g/mol. The molecular weight excluding hydrogens is 304 g/mol. The summed E-state index contributed by atoms with van der Waals surface area (Å²) in [5, 5.41) is 0. The second-order valence-corrected chi connectivity index (χ2v) is 6.94. The van der Waals surface area contributed by atoms with E-state index in [9.17, 15) is 8.42 Å². The van der Waals surface area contributed by atoms with Crippen LogP contribution in [0.1, 0.15) is 16.7 Å². The van der Waals surface area contributed by atoms with Crippen molar-refractivity contribution in [3.8, 4) is 0 Å².